The Hall–Kier alpha value is -4.22. The first-order valence-corrected chi connectivity index (χ1v) is 13.1. The van der Waals surface area contributed by atoms with Gasteiger partial charge in [-0.1, -0.05) is 78.3 Å². The van der Waals surface area contributed by atoms with E-state index in [2.05, 4.69) is 29.4 Å². The summed E-state index contributed by atoms with van der Waals surface area (Å²) in [6.07, 6.45) is 1.56. The van der Waals surface area contributed by atoms with Crippen LogP contribution in [0.1, 0.15) is 45.2 Å². The first-order chi connectivity index (χ1) is 18.6. The molecule has 4 aromatic rings. The van der Waals surface area contributed by atoms with Gasteiger partial charge in [-0.15, -0.1) is 0 Å². The second-order valence-electron chi connectivity index (χ2n) is 9.95. The van der Waals surface area contributed by atoms with E-state index in [1.54, 1.807) is 6.21 Å². The molecule has 1 aliphatic heterocycles. The van der Waals surface area contributed by atoms with Crippen LogP contribution in [0.4, 0.5) is 0 Å². The quantitative estimate of drug-likeness (QED) is 0.235. The van der Waals surface area contributed by atoms with E-state index in [0.717, 1.165) is 38.4 Å². The molecule has 0 aromatic heterocycles. The normalized spacial score (nSPS) is 22.9. The Morgan fingerprint density at radius 1 is 0.711 bits per heavy atom. The number of rotatable bonds is 5. The van der Waals surface area contributed by atoms with Gasteiger partial charge < -0.3 is 4.74 Å². The summed E-state index contributed by atoms with van der Waals surface area (Å²) in [6, 6.07) is 31.3. The van der Waals surface area contributed by atoms with Crippen molar-refractivity contribution in [3.05, 3.63) is 135 Å². The zero-order chi connectivity index (χ0) is 25.8. The molecular formula is C32H23ClN2O3. The summed E-state index contributed by atoms with van der Waals surface area (Å²) in [5.41, 5.74) is 6.27. The molecule has 2 atom stereocenters. The third kappa shape index (κ3) is 3.50. The third-order valence-corrected chi connectivity index (χ3v) is 8.35. The van der Waals surface area contributed by atoms with Gasteiger partial charge in [0, 0.05) is 22.4 Å². The highest BCUT2D eigenvalue weighted by Gasteiger charge is 2.61. The number of carbonyl (C=O) groups excluding carboxylic acids is 2. The van der Waals surface area contributed by atoms with Gasteiger partial charge in [0.2, 0.25) is 0 Å². The molecule has 2 amide bonds. The van der Waals surface area contributed by atoms with Crippen LogP contribution >= 0.6 is 11.6 Å². The van der Waals surface area contributed by atoms with Gasteiger partial charge in [-0.05, 0) is 58.1 Å². The van der Waals surface area contributed by atoms with Crippen LogP contribution in [-0.2, 0) is 16.2 Å². The fraction of sp³-hybridized carbons (Fsp3) is 0.156. The minimum absolute atomic E-state index is 0.136. The molecule has 186 valence electrons. The van der Waals surface area contributed by atoms with Crippen LogP contribution in [0, 0.1) is 11.8 Å². The van der Waals surface area contributed by atoms with E-state index in [0.29, 0.717) is 17.4 Å². The van der Waals surface area contributed by atoms with Crippen molar-refractivity contribution < 1.29 is 14.3 Å². The molecule has 4 aromatic carbocycles. The highest BCUT2D eigenvalue weighted by Crippen LogP contribution is 2.60. The minimum atomic E-state index is -0.435. The van der Waals surface area contributed by atoms with Crippen molar-refractivity contribution in [2.45, 2.75) is 18.4 Å². The standard InChI is InChI=1S/C32H23ClN2O3/c33-26-12-6-1-7-20(26)18-38-21-15-13-19(14-16-21)17-34-35-31(36)29-27-22-8-2-3-9-23(22)28(30(29)32(35)37)25-11-5-4-10-24(25)27/h1-17,27-30H,18H2/b34-17-/t27?,28?,29-,30-/m0/s1. The maximum absolute atomic E-state index is 13.6. The summed E-state index contributed by atoms with van der Waals surface area (Å²) in [4.78, 5) is 27.3. The molecule has 0 saturated carbocycles. The number of imide groups is 1. The van der Waals surface area contributed by atoms with E-state index < -0.39 is 11.8 Å². The number of nitrogens with zero attached hydrogens (tertiary/aromatic N) is 2. The summed E-state index contributed by atoms with van der Waals surface area (Å²) >= 11 is 6.21. The van der Waals surface area contributed by atoms with Crippen LogP contribution in [0.3, 0.4) is 0 Å². The van der Waals surface area contributed by atoms with Crippen molar-refractivity contribution in [3.8, 4) is 5.75 Å². The van der Waals surface area contributed by atoms with Crippen LogP contribution < -0.4 is 4.74 Å². The molecule has 38 heavy (non-hydrogen) atoms. The second-order valence-corrected chi connectivity index (χ2v) is 10.4. The molecule has 4 aliphatic rings. The Labute approximate surface area is 225 Å². The number of amides is 2. The predicted octanol–water partition coefficient (Wildman–Crippen LogP) is 6.15. The molecule has 8 rings (SSSR count). The molecular weight excluding hydrogens is 496 g/mol. The summed E-state index contributed by atoms with van der Waals surface area (Å²) in [5.74, 6) is -0.907. The lowest BCUT2D eigenvalue weighted by Gasteiger charge is -2.45. The average molecular weight is 519 g/mol. The van der Waals surface area contributed by atoms with Crippen LogP contribution in [-0.4, -0.2) is 23.0 Å². The number of halogens is 1. The van der Waals surface area contributed by atoms with E-state index in [1.165, 1.54) is 0 Å². The van der Waals surface area contributed by atoms with Crippen molar-refractivity contribution in [1.29, 1.82) is 0 Å². The fourth-order valence-electron chi connectivity index (χ4n) is 6.33. The van der Waals surface area contributed by atoms with E-state index in [1.807, 2.05) is 72.8 Å². The molecule has 0 N–H and O–H groups in total. The van der Waals surface area contributed by atoms with Crippen molar-refractivity contribution in [3.63, 3.8) is 0 Å². The van der Waals surface area contributed by atoms with Crippen LogP contribution in [0.5, 0.6) is 5.75 Å². The van der Waals surface area contributed by atoms with E-state index >= 15 is 0 Å². The van der Waals surface area contributed by atoms with Crippen LogP contribution in [0.25, 0.3) is 0 Å². The highest BCUT2D eigenvalue weighted by molar-refractivity contribution is 6.31. The molecule has 1 heterocycles. The summed E-state index contributed by atoms with van der Waals surface area (Å²) in [5, 5.41) is 6.14. The van der Waals surface area contributed by atoms with Crippen molar-refractivity contribution in [1.82, 2.24) is 5.01 Å². The Bertz CT molecular complexity index is 1500. The van der Waals surface area contributed by atoms with Gasteiger partial charge in [0.05, 0.1) is 18.1 Å². The molecule has 3 aliphatic carbocycles. The molecule has 0 radical (unpaired) electrons. The van der Waals surface area contributed by atoms with Gasteiger partial charge in [-0.2, -0.15) is 10.1 Å². The molecule has 1 fully saturated rings. The van der Waals surface area contributed by atoms with E-state index in [9.17, 15) is 9.59 Å². The van der Waals surface area contributed by atoms with E-state index in [4.69, 9.17) is 16.3 Å². The number of benzene rings is 4. The van der Waals surface area contributed by atoms with Gasteiger partial charge in [0.25, 0.3) is 11.8 Å². The summed E-state index contributed by atoms with van der Waals surface area (Å²) in [6.45, 7) is 0.361. The lowest BCUT2D eigenvalue weighted by Crippen LogP contribution is -2.41. The van der Waals surface area contributed by atoms with Crippen molar-refractivity contribution >= 4 is 29.6 Å². The maximum atomic E-state index is 13.6. The van der Waals surface area contributed by atoms with Crippen LogP contribution in [0.2, 0.25) is 5.02 Å². The second kappa shape index (κ2) is 8.96. The predicted molar refractivity (Wildman–Crippen MR) is 145 cm³/mol. The Morgan fingerprint density at radius 3 is 1.74 bits per heavy atom. The lowest BCUT2D eigenvalue weighted by atomic mass is 9.55. The summed E-state index contributed by atoms with van der Waals surface area (Å²) in [7, 11) is 0. The minimum Gasteiger partial charge on any atom is -0.489 e. The third-order valence-electron chi connectivity index (χ3n) is 7.98. The number of ether oxygens (including phenoxy) is 1. The SMILES string of the molecule is O=C1[C@H]2C3c4ccccc4C(c4ccccc43)[C@@H]2C(=O)N1/N=C\c1ccc(OCc2ccccc2Cl)cc1. The Morgan fingerprint density at radius 2 is 1.21 bits per heavy atom. The first kappa shape index (κ1) is 22.9. The van der Waals surface area contributed by atoms with Crippen LogP contribution in [0.15, 0.2) is 102 Å². The monoisotopic (exact) mass is 518 g/mol. The number of hydrazone groups is 1. The highest BCUT2D eigenvalue weighted by atomic mass is 35.5. The van der Waals surface area contributed by atoms with Gasteiger partial charge in [0.15, 0.2) is 0 Å². The van der Waals surface area contributed by atoms with Gasteiger partial charge in [-0.25, -0.2) is 0 Å². The van der Waals surface area contributed by atoms with Gasteiger partial charge >= 0.3 is 0 Å². The zero-order valence-electron chi connectivity index (χ0n) is 20.3. The molecule has 6 heteroatoms. The number of carbonyl (C=O) groups is 2. The lowest BCUT2D eigenvalue weighted by molar-refractivity contribution is -0.139. The fourth-order valence-corrected chi connectivity index (χ4v) is 6.52. The number of hydrogen-bond donors (Lipinski definition) is 0. The van der Waals surface area contributed by atoms with Gasteiger partial charge in [-0.3, -0.25) is 9.59 Å². The largest absolute Gasteiger partial charge is 0.489 e. The summed E-state index contributed by atoms with van der Waals surface area (Å²) < 4.78 is 5.85. The Balaban J connectivity index is 1.13. The first-order valence-electron chi connectivity index (χ1n) is 12.7. The molecule has 2 bridgehead atoms. The van der Waals surface area contributed by atoms with Crippen molar-refractivity contribution in [2.75, 3.05) is 0 Å². The molecule has 1 saturated heterocycles. The zero-order valence-corrected chi connectivity index (χ0v) is 21.1. The maximum Gasteiger partial charge on any atom is 0.254 e. The molecule has 5 nitrogen and oxygen atoms in total. The van der Waals surface area contributed by atoms with Crippen molar-refractivity contribution in [2.24, 2.45) is 16.9 Å². The van der Waals surface area contributed by atoms with E-state index in [-0.39, 0.29) is 23.7 Å². The topological polar surface area (TPSA) is 59.0 Å². The van der Waals surface area contributed by atoms with Gasteiger partial charge in [0.1, 0.15) is 12.4 Å². The average Bonchev–Trinajstić information content (AvgIpc) is 3.21. The Kier molecular flexibility index (Phi) is 5.41. The smallest absolute Gasteiger partial charge is 0.254 e. The molecule has 0 spiro atoms. The molecule has 0 unspecified atom stereocenters. The number of hydrogen-bond acceptors (Lipinski definition) is 4.